The van der Waals surface area contributed by atoms with Crippen molar-refractivity contribution in [3.8, 4) is 0 Å². The van der Waals surface area contributed by atoms with Crippen molar-refractivity contribution >= 4 is 26.7 Å². The number of aromatic nitrogens is 1. The van der Waals surface area contributed by atoms with Crippen LogP contribution in [0.15, 0.2) is 18.2 Å². The van der Waals surface area contributed by atoms with Crippen molar-refractivity contribution in [3.63, 3.8) is 0 Å². The Labute approximate surface area is 91.1 Å². The van der Waals surface area contributed by atoms with Crippen molar-refractivity contribution < 1.29 is 4.39 Å². The molecule has 0 saturated heterocycles. The molecule has 2 aromatic rings. The Morgan fingerprint density at radius 1 is 1.47 bits per heavy atom. The molecule has 15 heavy (non-hydrogen) atoms. The van der Waals surface area contributed by atoms with Gasteiger partial charge in [-0.25, -0.2) is 9.37 Å². The standard InChI is InChI=1S/C11H11FN2S/c1-11(4-5-11)14-10-13-8-3-2-7(12)6-9(8)15-10/h2-3,6H,4-5H2,1H3,(H,13,14). The number of hydrogen-bond donors (Lipinski definition) is 1. The predicted octanol–water partition coefficient (Wildman–Crippen LogP) is 3.40. The third kappa shape index (κ3) is 1.69. The molecule has 1 aromatic carbocycles. The van der Waals surface area contributed by atoms with Crippen LogP contribution in [-0.2, 0) is 0 Å². The van der Waals surface area contributed by atoms with Crippen LogP contribution in [0.25, 0.3) is 10.2 Å². The van der Waals surface area contributed by atoms with Crippen molar-refractivity contribution in [2.24, 2.45) is 0 Å². The lowest BCUT2D eigenvalue weighted by Gasteiger charge is -2.08. The first-order valence-electron chi connectivity index (χ1n) is 4.99. The maximum absolute atomic E-state index is 13.0. The normalized spacial score (nSPS) is 18.0. The van der Waals surface area contributed by atoms with E-state index in [1.807, 2.05) is 0 Å². The molecule has 0 atom stereocenters. The fourth-order valence-electron chi connectivity index (χ4n) is 1.52. The highest BCUT2D eigenvalue weighted by atomic mass is 32.1. The Bertz CT molecular complexity index is 516. The molecule has 1 saturated carbocycles. The van der Waals surface area contributed by atoms with E-state index < -0.39 is 0 Å². The van der Waals surface area contributed by atoms with E-state index in [-0.39, 0.29) is 11.4 Å². The van der Waals surface area contributed by atoms with Gasteiger partial charge in [0, 0.05) is 5.54 Å². The lowest BCUT2D eigenvalue weighted by Crippen LogP contribution is -2.15. The van der Waals surface area contributed by atoms with Gasteiger partial charge < -0.3 is 5.32 Å². The molecule has 1 N–H and O–H groups in total. The molecule has 1 aliphatic carbocycles. The van der Waals surface area contributed by atoms with Crippen LogP contribution in [0, 0.1) is 5.82 Å². The molecule has 1 aromatic heterocycles. The van der Waals surface area contributed by atoms with Crippen molar-refractivity contribution in [2.75, 3.05) is 5.32 Å². The van der Waals surface area contributed by atoms with Crippen LogP contribution in [0.4, 0.5) is 9.52 Å². The number of nitrogens with one attached hydrogen (secondary N) is 1. The first-order chi connectivity index (χ1) is 7.15. The number of hydrogen-bond acceptors (Lipinski definition) is 3. The highest BCUT2D eigenvalue weighted by molar-refractivity contribution is 7.22. The first-order valence-corrected chi connectivity index (χ1v) is 5.81. The second kappa shape index (κ2) is 2.92. The molecule has 0 bridgehead atoms. The zero-order valence-corrected chi connectivity index (χ0v) is 9.20. The fraction of sp³-hybridized carbons (Fsp3) is 0.364. The monoisotopic (exact) mass is 222 g/mol. The van der Waals surface area contributed by atoms with E-state index in [4.69, 9.17) is 0 Å². The quantitative estimate of drug-likeness (QED) is 0.842. The summed E-state index contributed by atoms with van der Waals surface area (Å²) in [5.41, 5.74) is 1.10. The van der Waals surface area contributed by atoms with E-state index in [0.29, 0.717) is 0 Å². The number of benzene rings is 1. The Hall–Kier alpha value is -1.16. The summed E-state index contributed by atoms with van der Waals surface area (Å²) in [5, 5.41) is 4.28. The molecule has 0 aliphatic heterocycles. The van der Waals surface area contributed by atoms with Crippen LogP contribution in [0.3, 0.4) is 0 Å². The average molecular weight is 222 g/mol. The third-order valence-electron chi connectivity index (χ3n) is 2.76. The predicted molar refractivity (Wildman–Crippen MR) is 60.8 cm³/mol. The molecule has 0 unspecified atom stereocenters. The number of anilines is 1. The number of rotatable bonds is 2. The van der Waals surface area contributed by atoms with E-state index in [9.17, 15) is 4.39 Å². The summed E-state index contributed by atoms with van der Waals surface area (Å²) in [4.78, 5) is 4.42. The molecule has 0 amide bonds. The lowest BCUT2D eigenvalue weighted by atomic mass is 10.3. The molecule has 1 fully saturated rings. The molecule has 3 rings (SSSR count). The van der Waals surface area contributed by atoms with Crippen molar-refractivity contribution in [1.29, 1.82) is 0 Å². The molecule has 2 nitrogen and oxygen atoms in total. The van der Waals surface area contributed by atoms with E-state index in [1.54, 1.807) is 6.07 Å². The van der Waals surface area contributed by atoms with Gasteiger partial charge in [0.15, 0.2) is 5.13 Å². The zero-order chi connectivity index (χ0) is 10.5. The van der Waals surface area contributed by atoms with Gasteiger partial charge in [-0.05, 0) is 38.0 Å². The van der Waals surface area contributed by atoms with Gasteiger partial charge in [0.2, 0.25) is 0 Å². The summed E-state index contributed by atoms with van der Waals surface area (Å²) in [6.45, 7) is 2.18. The highest BCUT2D eigenvalue weighted by Crippen LogP contribution is 2.39. The minimum atomic E-state index is -0.199. The molecule has 1 aliphatic rings. The molecule has 0 spiro atoms. The average Bonchev–Trinajstić information content (AvgIpc) is 2.76. The summed E-state index contributed by atoms with van der Waals surface area (Å²) in [5.74, 6) is -0.199. The van der Waals surface area contributed by atoms with E-state index >= 15 is 0 Å². The third-order valence-corrected chi connectivity index (χ3v) is 3.69. The number of halogens is 1. The Morgan fingerprint density at radius 3 is 3.00 bits per heavy atom. The number of nitrogens with zero attached hydrogens (tertiary/aromatic N) is 1. The van der Waals surface area contributed by atoms with E-state index in [0.717, 1.165) is 15.3 Å². The van der Waals surface area contributed by atoms with Crippen LogP contribution < -0.4 is 5.32 Å². The van der Waals surface area contributed by atoms with Crippen molar-refractivity contribution in [3.05, 3.63) is 24.0 Å². The Balaban J connectivity index is 1.99. The van der Waals surface area contributed by atoms with Gasteiger partial charge in [-0.3, -0.25) is 0 Å². The smallest absolute Gasteiger partial charge is 0.184 e. The zero-order valence-electron chi connectivity index (χ0n) is 8.38. The van der Waals surface area contributed by atoms with Crippen molar-refractivity contribution in [2.45, 2.75) is 25.3 Å². The van der Waals surface area contributed by atoms with Gasteiger partial charge >= 0.3 is 0 Å². The summed E-state index contributed by atoms with van der Waals surface area (Å²) < 4.78 is 13.9. The molecular weight excluding hydrogens is 211 g/mol. The van der Waals surface area contributed by atoms with Crippen LogP contribution >= 0.6 is 11.3 Å². The first kappa shape index (κ1) is 9.09. The lowest BCUT2D eigenvalue weighted by molar-refractivity contribution is 0.630. The molecule has 1 heterocycles. The van der Waals surface area contributed by atoms with Gasteiger partial charge in [0.1, 0.15) is 5.82 Å². The molecule has 78 valence electrons. The van der Waals surface area contributed by atoms with Crippen LogP contribution in [0.1, 0.15) is 19.8 Å². The fourth-order valence-corrected chi connectivity index (χ4v) is 2.56. The van der Waals surface area contributed by atoms with Gasteiger partial charge in [-0.15, -0.1) is 0 Å². The topological polar surface area (TPSA) is 24.9 Å². The second-order valence-corrected chi connectivity index (χ2v) is 5.35. The summed E-state index contributed by atoms with van der Waals surface area (Å²) >= 11 is 1.52. The van der Waals surface area contributed by atoms with E-state index in [2.05, 4.69) is 17.2 Å². The van der Waals surface area contributed by atoms with Gasteiger partial charge in [0.05, 0.1) is 10.2 Å². The molecular formula is C11H11FN2S. The van der Waals surface area contributed by atoms with E-state index in [1.165, 1.54) is 36.3 Å². The second-order valence-electron chi connectivity index (χ2n) is 4.32. The number of thiazole rings is 1. The summed E-state index contributed by atoms with van der Waals surface area (Å²) in [7, 11) is 0. The largest absolute Gasteiger partial charge is 0.356 e. The Morgan fingerprint density at radius 2 is 2.27 bits per heavy atom. The molecule has 4 heteroatoms. The van der Waals surface area contributed by atoms with Gasteiger partial charge in [-0.1, -0.05) is 11.3 Å². The summed E-state index contributed by atoms with van der Waals surface area (Å²) in [6, 6.07) is 4.71. The molecule has 0 radical (unpaired) electrons. The van der Waals surface area contributed by atoms with Crippen LogP contribution in [0.2, 0.25) is 0 Å². The highest BCUT2D eigenvalue weighted by Gasteiger charge is 2.37. The summed E-state index contributed by atoms with van der Waals surface area (Å²) in [6.07, 6.45) is 2.38. The number of fused-ring (bicyclic) bond motifs is 1. The van der Waals surface area contributed by atoms with Gasteiger partial charge in [0.25, 0.3) is 0 Å². The SMILES string of the molecule is CC1(Nc2nc3ccc(F)cc3s2)CC1. The van der Waals surface area contributed by atoms with Crippen molar-refractivity contribution in [1.82, 2.24) is 4.98 Å². The van der Waals surface area contributed by atoms with Crippen LogP contribution in [-0.4, -0.2) is 10.5 Å². The maximum atomic E-state index is 13.0. The maximum Gasteiger partial charge on any atom is 0.184 e. The Kier molecular flexibility index (Phi) is 1.77. The minimum Gasteiger partial charge on any atom is -0.356 e. The minimum absolute atomic E-state index is 0.199. The van der Waals surface area contributed by atoms with Crippen LogP contribution in [0.5, 0.6) is 0 Å². The van der Waals surface area contributed by atoms with Gasteiger partial charge in [-0.2, -0.15) is 0 Å².